The van der Waals surface area contributed by atoms with Crippen LogP contribution in [0.3, 0.4) is 0 Å². The molecule has 6 heteroatoms. The summed E-state index contributed by atoms with van der Waals surface area (Å²) in [6.45, 7) is 0.460. The first-order chi connectivity index (χ1) is 11.9. The van der Waals surface area contributed by atoms with Crippen LogP contribution in [0.1, 0.15) is 38.3 Å². The lowest BCUT2D eigenvalue weighted by Crippen LogP contribution is -2.30. The maximum Gasteiger partial charge on any atom is 0.254 e. The number of rotatable bonds is 4. The van der Waals surface area contributed by atoms with Crippen molar-refractivity contribution in [3.8, 4) is 0 Å². The Morgan fingerprint density at radius 2 is 1.92 bits per heavy atom. The highest BCUT2D eigenvalue weighted by Gasteiger charge is 2.28. The third kappa shape index (κ3) is 3.99. The molecule has 1 atom stereocenters. The van der Waals surface area contributed by atoms with Gasteiger partial charge in [0.2, 0.25) is 5.91 Å². The second-order valence-corrected chi connectivity index (χ2v) is 6.61. The molecule has 0 aromatic heterocycles. The van der Waals surface area contributed by atoms with Gasteiger partial charge in [0.25, 0.3) is 5.91 Å². The van der Waals surface area contributed by atoms with E-state index in [1.807, 2.05) is 12.1 Å². The molecule has 0 saturated carbocycles. The van der Waals surface area contributed by atoms with Crippen LogP contribution < -0.4 is 5.73 Å². The molecule has 1 saturated heterocycles. The van der Waals surface area contributed by atoms with E-state index in [0.717, 1.165) is 11.1 Å². The van der Waals surface area contributed by atoms with Crippen molar-refractivity contribution in [2.24, 2.45) is 5.73 Å². The van der Waals surface area contributed by atoms with Crippen molar-refractivity contribution in [2.45, 2.75) is 19.0 Å². The van der Waals surface area contributed by atoms with Gasteiger partial charge in [-0.1, -0.05) is 29.8 Å². The summed E-state index contributed by atoms with van der Waals surface area (Å²) in [5, 5.41) is 0.634. The summed E-state index contributed by atoms with van der Waals surface area (Å²) in [6.07, 6.45) is -0.152. The maximum absolute atomic E-state index is 13.5. The summed E-state index contributed by atoms with van der Waals surface area (Å²) >= 11 is 5.90. The van der Waals surface area contributed by atoms with Crippen LogP contribution in [0.4, 0.5) is 4.39 Å². The number of benzene rings is 2. The van der Waals surface area contributed by atoms with Gasteiger partial charge in [-0.15, -0.1) is 0 Å². The van der Waals surface area contributed by atoms with Gasteiger partial charge < -0.3 is 10.6 Å². The van der Waals surface area contributed by atoms with Gasteiger partial charge in [-0.2, -0.15) is 0 Å². The van der Waals surface area contributed by atoms with Gasteiger partial charge in [0, 0.05) is 22.7 Å². The molecule has 0 spiro atoms. The number of alkyl halides is 1. The van der Waals surface area contributed by atoms with E-state index in [2.05, 4.69) is 0 Å². The molecule has 2 aromatic carbocycles. The zero-order valence-electron chi connectivity index (χ0n) is 13.5. The SMILES string of the molecule is NC(=O)c1ccc(Cc2ccc(Cl)cc2)c(C(=O)N2CC[C@@H](F)C2)c1. The smallest absolute Gasteiger partial charge is 0.254 e. The maximum atomic E-state index is 13.5. The van der Waals surface area contributed by atoms with Crippen LogP contribution in [0.15, 0.2) is 42.5 Å². The molecule has 0 bridgehead atoms. The lowest BCUT2D eigenvalue weighted by molar-refractivity contribution is 0.0782. The highest BCUT2D eigenvalue weighted by molar-refractivity contribution is 6.30. The first-order valence-corrected chi connectivity index (χ1v) is 8.42. The molecule has 1 heterocycles. The van der Waals surface area contributed by atoms with E-state index in [4.69, 9.17) is 17.3 Å². The van der Waals surface area contributed by atoms with Crippen LogP contribution in [0.25, 0.3) is 0 Å². The Morgan fingerprint density at radius 1 is 1.20 bits per heavy atom. The number of halogens is 2. The molecular formula is C19H18ClFN2O2. The number of hydrogen-bond donors (Lipinski definition) is 1. The average molecular weight is 361 g/mol. The Labute approximate surface area is 150 Å². The minimum absolute atomic E-state index is 0.0834. The standard InChI is InChI=1S/C19H18ClFN2O2/c20-15-5-1-12(2-6-15)9-13-3-4-14(18(22)24)10-17(13)19(25)23-8-7-16(21)11-23/h1-6,10,16H,7-9,11H2,(H2,22,24)/t16-/m1/s1. The van der Waals surface area contributed by atoms with Crippen molar-refractivity contribution in [1.82, 2.24) is 4.90 Å². The Morgan fingerprint density at radius 3 is 2.52 bits per heavy atom. The van der Waals surface area contributed by atoms with Crippen molar-refractivity contribution >= 4 is 23.4 Å². The fraction of sp³-hybridized carbons (Fsp3) is 0.263. The van der Waals surface area contributed by atoms with E-state index in [0.29, 0.717) is 30.0 Å². The molecule has 2 N–H and O–H groups in total. The molecule has 3 rings (SSSR count). The second-order valence-electron chi connectivity index (χ2n) is 6.18. The lowest BCUT2D eigenvalue weighted by Gasteiger charge is -2.18. The van der Waals surface area contributed by atoms with E-state index in [1.165, 1.54) is 11.0 Å². The number of primary amides is 1. The van der Waals surface area contributed by atoms with Crippen LogP contribution in [-0.4, -0.2) is 36.0 Å². The highest BCUT2D eigenvalue weighted by atomic mass is 35.5. The number of hydrogen-bond acceptors (Lipinski definition) is 2. The molecule has 0 radical (unpaired) electrons. The summed E-state index contributed by atoms with van der Waals surface area (Å²) < 4.78 is 13.5. The van der Waals surface area contributed by atoms with Crippen molar-refractivity contribution in [1.29, 1.82) is 0 Å². The van der Waals surface area contributed by atoms with Crippen molar-refractivity contribution in [2.75, 3.05) is 13.1 Å². The molecule has 130 valence electrons. The number of amides is 2. The Hall–Kier alpha value is -2.40. The molecule has 1 fully saturated rings. The van der Waals surface area contributed by atoms with Crippen LogP contribution in [0, 0.1) is 0 Å². The molecule has 0 aliphatic carbocycles. The van der Waals surface area contributed by atoms with Crippen molar-refractivity contribution < 1.29 is 14.0 Å². The fourth-order valence-corrected chi connectivity index (χ4v) is 3.10. The highest BCUT2D eigenvalue weighted by Crippen LogP contribution is 2.22. The van der Waals surface area contributed by atoms with Gasteiger partial charge in [0.15, 0.2) is 0 Å². The first-order valence-electron chi connectivity index (χ1n) is 8.04. The lowest BCUT2D eigenvalue weighted by atomic mass is 9.96. The van der Waals surface area contributed by atoms with E-state index >= 15 is 0 Å². The normalized spacial score (nSPS) is 16.9. The van der Waals surface area contributed by atoms with Crippen LogP contribution in [0.5, 0.6) is 0 Å². The summed E-state index contributed by atoms with van der Waals surface area (Å²) in [5.74, 6) is -0.871. The summed E-state index contributed by atoms with van der Waals surface area (Å²) in [4.78, 5) is 25.8. The van der Waals surface area contributed by atoms with E-state index in [9.17, 15) is 14.0 Å². The molecule has 1 aliphatic heterocycles. The van der Waals surface area contributed by atoms with Gasteiger partial charge in [-0.3, -0.25) is 9.59 Å². The summed E-state index contributed by atoms with van der Waals surface area (Å²) in [7, 11) is 0. The topological polar surface area (TPSA) is 63.4 Å². The van der Waals surface area contributed by atoms with Crippen LogP contribution in [-0.2, 0) is 6.42 Å². The summed E-state index contributed by atoms with van der Waals surface area (Å²) in [5.41, 5.74) is 7.74. The minimum atomic E-state index is -0.997. The van der Waals surface area contributed by atoms with Gasteiger partial charge in [-0.05, 0) is 48.2 Å². The number of likely N-dealkylation sites (tertiary alicyclic amines) is 1. The van der Waals surface area contributed by atoms with E-state index in [1.54, 1.807) is 24.3 Å². The van der Waals surface area contributed by atoms with Crippen molar-refractivity contribution in [3.05, 3.63) is 69.7 Å². The molecular weight excluding hydrogens is 343 g/mol. The molecule has 4 nitrogen and oxygen atoms in total. The number of nitrogens with zero attached hydrogens (tertiary/aromatic N) is 1. The minimum Gasteiger partial charge on any atom is -0.366 e. The van der Waals surface area contributed by atoms with Gasteiger partial charge >= 0.3 is 0 Å². The predicted octanol–water partition coefficient (Wildman–Crippen LogP) is 3.21. The van der Waals surface area contributed by atoms with Crippen LogP contribution in [0.2, 0.25) is 5.02 Å². The third-order valence-electron chi connectivity index (χ3n) is 4.35. The molecule has 1 aliphatic rings. The van der Waals surface area contributed by atoms with Crippen molar-refractivity contribution in [3.63, 3.8) is 0 Å². The first kappa shape index (κ1) is 17.4. The van der Waals surface area contributed by atoms with Gasteiger partial charge in [-0.25, -0.2) is 4.39 Å². The largest absolute Gasteiger partial charge is 0.366 e. The number of nitrogens with two attached hydrogens (primary N) is 1. The predicted molar refractivity (Wildman–Crippen MR) is 94.6 cm³/mol. The summed E-state index contributed by atoms with van der Waals surface area (Å²) in [6, 6.07) is 12.2. The fourth-order valence-electron chi connectivity index (χ4n) is 2.98. The zero-order chi connectivity index (χ0) is 18.0. The van der Waals surface area contributed by atoms with Crippen LogP contribution >= 0.6 is 11.6 Å². The Bertz CT molecular complexity index is 808. The number of carbonyl (C=O) groups is 2. The van der Waals surface area contributed by atoms with E-state index in [-0.39, 0.29) is 18.0 Å². The Kier molecular flexibility index (Phi) is 5.04. The van der Waals surface area contributed by atoms with Gasteiger partial charge in [0.05, 0.1) is 6.54 Å². The monoisotopic (exact) mass is 360 g/mol. The number of carbonyl (C=O) groups excluding carboxylic acids is 2. The average Bonchev–Trinajstić information content (AvgIpc) is 3.03. The molecule has 25 heavy (non-hydrogen) atoms. The molecule has 2 aromatic rings. The third-order valence-corrected chi connectivity index (χ3v) is 4.60. The van der Waals surface area contributed by atoms with Gasteiger partial charge in [0.1, 0.15) is 6.17 Å². The quantitative estimate of drug-likeness (QED) is 0.909. The molecule has 2 amide bonds. The molecule has 0 unspecified atom stereocenters. The zero-order valence-corrected chi connectivity index (χ0v) is 14.3. The second kappa shape index (κ2) is 7.23. The Balaban J connectivity index is 1.94. The van der Waals surface area contributed by atoms with E-state index < -0.39 is 12.1 Å².